The van der Waals surface area contributed by atoms with E-state index in [1.807, 2.05) is 0 Å². The fourth-order valence-electron chi connectivity index (χ4n) is 0.0833. The van der Waals surface area contributed by atoms with Gasteiger partial charge in [-0.1, -0.05) is 0 Å². The van der Waals surface area contributed by atoms with Gasteiger partial charge in [0.15, 0.2) is 0 Å². The topological polar surface area (TPSA) is 32.3 Å². The second-order valence-electron chi connectivity index (χ2n) is 0.697. The van der Waals surface area contributed by atoms with E-state index in [0.29, 0.717) is 6.61 Å². The first-order valence-corrected chi connectivity index (χ1v) is 1.49. The van der Waals surface area contributed by atoms with Crippen molar-refractivity contribution in [2.75, 3.05) is 20.3 Å². The van der Waals surface area contributed by atoms with Crippen LogP contribution in [0.25, 0.3) is 0 Å². The molecule has 0 spiro atoms. The Kier molecular flexibility index (Phi) is 18.2. The molecule has 0 fully saturated rings. The van der Waals surface area contributed by atoms with Crippen LogP contribution >= 0.6 is 0 Å². The molecule has 0 unspecified atom stereocenters. The molecule has 6 heavy (non-hydrogen) atoms. The van der Waals surface area contributed by atoms with Crippen molar-refractivity contribution >= 4 is 0 Å². The molecule has 0 amide bonds. The molecule has 0 saturated heterocycles. The zero-order valence-electron chi connectivity index (χ0n) is 4.23. The Hall–Kier alpha value is 1.97. The number of hydrogen-bond acceptors (Lipinski definition) is 2. The molecule has 0 aromatic heterocycles. The number of methoxy groups -OCH3 is 1. The van der Waals surface area contributed by atoms with E-state index < -0.39 is 0 Å². The van der Waals surface area contributed by atoms with E-state index in [1.165, 1.54) is 7.11 Å². The minimum atomic E-state index is -0.128. The van der Waals surface area contributed by atoms with Crippen molar-refractivity contribution < 1.29 is 78.7 Å². The summed E-state index contributed by atoms with van der Waals surface area (Å²) in [5.74, 6) is 0. The smallest absolute Gasteiger partial charge is 0.853 e. The van der Waals surface area contributed by atoms with Gasteiger partial charge in [-0.25, -0.2) is 0 Å². The molecule has 0 aromatic carbocycles. The van der Waals surface area contributed by atoms with Gasteiger partial charge in [0, 0.05) is 13.7 Å². The number of hydrogen-bond donors (Lipinski definition) is 0. The summed E-state index contributed by atoms with van der Waals surface area (Å²) < 4.78 is 4.38. The minimum Gasteiger partial charge on any atom is -0.853 e. The van der Waals surface area contributed by atoms with Crippen molar-refractivity contribution in [3.63, 3.8) is 0 Å². The van der Waals surface area contributed by atoms with Crippen LogP contribution in [0.2, 0.25) is 0 Å². The van der Waals surface area contributed by atoms with E-state index in [9.17, 15) is 5.11 Å². The van der Waals surface area contributed by atoms with Crippen molar-refractivity contribution in [2.45, 2.75) is 0 Å². The van der Waals surface area contributed by atoms with Crippen LogP contribution in [0.4, 0.5) is 0 Å². The maximum Gasteiger partial charge on any atom is 1.00 e. The van der Waals surface area contributed by atoms with E-state index in [4.69, 9.17) is 0 Å². The summed E-state index contributed by atoms with van der Waals surface area (Å²) in [6.07, 6.45) is 0. The standard InChI is InChI=1S/C3H7O2.Cs/c1-5-3-2-4;/h2-3H2,1H3;/q-1;+1. The van der Waals surface area contributed by atoms with Gasteiger partial charge in [-0.15, -0.1) is 6.61 Å². The van der Waals surface area contributed by atoms with Gasteiger partial charge >= 0.3 is 68.9 Å². The summed E-state index contributed by atoms with van der Waals surface area (Å²) in [7, 11) is 1.51. The average molecular weight is 208 g/mol. The van der Waals surface area contributed by atoms with Crippen molar-refractivity contribution in [1.29, 1.82) is 0 Å². The molecule has 32 valence electrons. The predicted octanol–water partition coefficient (Wildman–Crippen LogP) is -4.00. The summed E-state index contributed by atoms with van der Waals surface area (Å²) in [6.45, 7) is 0.205. The molecule has 0 aliphatic rings. The van der Waals surface area contributed by atoms with Crippen LogP contribution in [0.15, 0.2) is 0 Å². The van der Waals surface area contributed by atoms with Gasteiger partial charge in [-0.2, -0.15) is 0 Å². The summed E-state index contributed by atoms with van der Waals surface area (Å²) in [5.41, 5.74) is 0. The van der Waals surface area contributed by atoms with Gasteiger partial charge in [0.25, 0.3) is 0 Å². The molecule has 0 heterocycles. The molecule has 2 nitrogen and oxygen atoms in total. The average Bonchev–Trinajstić information content (AvgIpc) is 1.41. The van der Waals surface area contributed by atoms with Crippen molar-refractivity contribution in [3.05, 3.63) is 0 Å². The largest absolute Gasteiger partial charge is 1.00 e. The SMILES string of the molecule is COCC[O-].[Cs+]. The second-order valence-corrected chi connectivity index (χ2v) is 0.697. The molecule has 0 aliphatic heterocycles. The molecule has 0 radical (unpaired) electrons. The molecule has 3 heteroatoms. The van der Waals surface area contributed by atoms with E-state index in [0.717, 1.165) is 0 Å². The summed E-state index contributed by atoms with van der Waals surface area (Å²) in [4.78, 5) is 0. The van der Waals surface area contributed by atoms with Gasteiger partial charge < -0.3 is 9.84 Å². The second kappa shape index (κ2) is 10.1. The number of ether oxygens (including phenoxy) is 1. The molecular weight excluding hydrogens is 201 g/mol. The van der Waals surface area contributed by atoms with Crippen molar-refractivity contribution in [1.82, 2.24) is 0 Å². The molecular formula is C3H7CsO2. The first-order chi connectivity index (χ1) is 2.41. The van der Waals surface area contributed by atoms with Crippen molar-refractivity contribution in [2.24, 2.45) is 0 Å². The first-order valence-electron chi connectivity index (χ1n) is 1.49. The Bertz CT molecular complexity index is 16.3. The van der Waals surface area contributed by atoms with Gasteiger partial charge in [0.05, 0.1) is 0 Å². The van der Waals surface area contributed by atoms with Crippen LogP contribution in [0.5, 0.6) is 0 Å². The fourth-order valence-corrected chi connectivity index (χ4v) is 0.0833. The Labute approximate surface area is 96.7 Å². The zero-order valence-corrected chi connectivity index (χ0v) is 10.5. The molecule has 0 bridgehead atoms. The third-order valence-electron chi connectivity index (χ3n) is 0.287. The first kappa shape index (κ1) is 10.9. The van der Waals surface area contributed by atoms with Crippen LogP contribution in [0, 0.1) is 0 Å². The van der Waals surface area contributed by atoms with Crippen LogP contribution in [-0.2, 0) is 4.74 Å². The van der Waals surface area contributed by atoms with E-state index in [-0.39, 0.29) is 75.5 Å². The summed E-state index contributed by atoms with van der Waals surface area (Å²) in [5, 5.41) is 9.40. The van der Waals surface area contributed by atoms with Crippen LogP contribution in [0.3, 0.4) is 0 Å². The van der Waals surface area contributed by atoms with Crippen LogP contribution in [0.1, 0.15) is 0 Å². The Morgan fingerprint density at radius 1 is 1.67 bits per heavy atom. The Morgan fingerprint density at radius 3 is 2.17 bits per heavy atom. The molecule has 0 atom stereocenters. The monoisotopic (exact) mass is 208 g/mol. The zero-order chi connectivity index (χ0) is 4.12. The maximum absolute atomic E-state index is 9.40. The van der Waals surface area contributed by atoms with Gasteiger partial charge in [0.2, 0.25) is 0 Å². The van der Waals surface area contributed by atoms with Gasteiger partial charge in [-0.3, -0.25) is 0 Å². The minimum absolute atomic E-state index is 0. The molecule has 0 aromatic rings. The predicted molar refractivity (Wildman–Crippen MR) is 16.7 cm³/mol. The quantitative estimate of drug-likeness (QED) is 0.463. The molecule has 0 aliphatic carbocycles. The third kappa shape index (κ3) is 9.36. The maximum atomic E-state index is 9.40. The fraction of sp³-hybridized carbons (Fsp3) is 1.00. The molecule has 0 saturated carbocycles. The Morgan fingerprint density at radius 2 is 2.17 bits per heavy atom. The molecule has 0 rings (SSSR count). The van der Waals surface area contributed by atoms with E-state index in [1.54, 1.807) is 0 Å². The van der Waals surface area contributed by atoms with Crippen molar-refractivity contribution in [3.8, 4) is 0 Å². The van der Waals surface area contributed by atoms with Crippen LogP contribution < -0.4 is 74.0 Å². The summed E-state index contributed by atoms with van der Waals surface area (Å²) >= 11 is 0. The van der Waals surface area contributed by atoms with E-state index in [2.05, 4.69) is 4.74 Å². The van der Waals surface area contributed by atoms with Gasteiger partial charge in [-0.05, 0) is 0 Å². The van der Waals surface area contributed by atoms with E-state index >= 15 is 0 Å². The third-order valence-corrected chi connectivity index (χ3v) is 0.287. The normalized spacial score (nSPS) is 7.00. The Balaban J connectivity index is 0. The van der Waals surface area contributed by atoms with Gasteiger partial charge in [0.1, 0.15) is 0 Å². The van der Waals surface area contributed by atoms with Crippen LogP contribution in [-0.4, -0.2) is 20.3 Å². The summed E-state index contributed by atoms with van der Waals surface area (Å²) in [6, 6.07) is 0. The number of rotatable bonds is 2. The molecule has 0 N–H and O–H groups in total.